The molecule has 1 saturated heterocycles. The average molecular weight is 377 g/mol. The van der Waals surface area contributed by atoms with E-state index in [2.05, 4.69) is 23.4 Å². The van der Waals surface area contributed by atoms with Crippen molar-refractivity contribution < 1.29 is 9.53 Å². The highest BCUT2D eigenvalue weighted by atomic mass is 32.1. The highest BCUT2D eigenvalue weighted by molar-refractivity contribution is 7.16. The zero-order valence-electron chi connectivity index (χ0n) is 14.8. The lowest BCUT2D eigenvalue weighted by Crippen LogP contribution is -2.35. The van der Waals surface area contributed by atoms with Gasteiger partial charge >= 0.3 is 0 Å². The van der Waals surface area contributed by atoms with Crippen molar-refractivity contribution in [2.24, 2.45) is 0 Å². The molecule has 0 aromatic carbocycles. The van der Waals surface area contributed by atoms with Gasteiger partial charge in [0.1, 0.15) is 0 Å². The Labute approximate surface area is 156 Å². The number of fused-ring (bicyclic) bond motifs is 1. The van der Waals surface area contributed by atoms with E-state index in [0.29, 0.717) is 12.5 Å². The summed E-state index contributed by atoms with van der Waals surface area (Å²) in [5, 5.41) is 3.22. The quantitative estimate of drug-likeness (QED) is 0.794. The summed E-state index contributed by atoms with van der Waals surface area (Å²) in [5.74, 6) is 0.269. The lowest BCUT2D eigenvalue weighted by atomic mass is 10.1. The second-order valence-corrected chi connectivity index (χ2v) is 9.26. The Morgan fingerprint density at radius 1 is 1.44 bits per heavy atom. The number of carbonyl (C=O) groups excluding carboxylic acids is 1. The van der Waals surface area contributed by atoms with Crippen LogP contribution in [0.1, 0.15) is 48.1 Å². The van der Waals surface area contributed by atoms with Crippen LogP contribution in [0.25, 0.3) is 10.6 Å². The van der Waals surface area contributed by atoms with Gasteiger partial charge in [-0.2, -0.15) is 0 Å². The van der Waals surface area contributed by atoms with E-state index in [9.17, 15) is 4.79 Å². The maximum absolute atomic E-state index is 12.6. The first-order valence-corrected chi connectivity index (χ1v) is 10.8. The molecule has 2 atom stereocenters. The van der Waals surface area contributed by atoms with Crippen molar-refractivity contribution in [3.8, 4) is 10.6 Å². The number of carbonyl (C=O) groups is 1. The molecular weight excluding hydrogens is 352 g/mol. The molecule has 1 fully saturated rings. The predicted molar refractivity (Wildman–Crippen MR) is 102 cm³/mol. The monoisotopic (exact) mass is 376 g/mol. The molecule has 4 heterocycles. The summed E-state index contributed by atoms with van der Waals surface area (Å²) >= 11 is 3.52. The van der Waals surface area contributed by atoms with Crippen LogP contribution < -0.4 is 0 Å². The van der Waals surface area contributed by atoms with Crippen LogP contribution in [0.4, 0.5) is 0 Å². The summed E-state index contributed by atoms with van der Waals surface area (Å²) in [6.07, 6.45) is 5.29. The van der Waals surface area contributed by atoms with E-state index in [-0.39, 0.29) is 12.0 Å². The largest absolute Gasteiger partial charge is 0.375 e. The first kappa shape index (κ1) is 17.2. The first-order valence-electron chi connectivity index (χ1n) is 9.06. The minimum Gasteiger partial charge on any atom is -0.375 e. The molecule has 0 aliphatic carbocycles. The van der Waals surface area contributed by atoms with Crippen LogP contribution >= 0.6 is 22.7 Å². The fourth-order valence-electron chi connectivity index (χ4n) is 3.69. The molecule has 2 aromatic rings. The number of hydrogen-bond acceptors (Lipinski definition) is 5. The second-order valence-electron chi connectivity index (χ2n) is 7.06. The van der Waals surface area contributed by atoms with Gasteiger partial charge in [-0.05, 0) is 51.2 Å². The van der Waals surface area contributed by atoms with Crippen molar-refractivity contribution >= 4 is 28.6 Å². The topological polar surface area (TPSA) is 42.4 Å². The molecule has 4 rings (SSSR count). The van der Waals surface area contributed by atoms with Gasteiger partial charge in [0.2, 0.25) is 5.91 Å². The Kier molecular flexibility index (Phi) is 4.93. The molecule has 1 amide bonds. The molecule has 0 bridgehead atoms. The minimum atomic E-state index is 0.269. The average Bonchev–Trinajstić information content (AvgIpc) is 3.31. The zero-order valence-corrected chi connectivity index (χ0v) is 16.4. The van der Waals surface area contributed by atoms with E-state index >= 15 is 0 Å². The Morgan fingerprint density at radius 2 is 2.32 bits per heavy atom. The summed E-state index contributed by atoms with van der Waals surface area (Å²) in [5.41, 5.74) is 2.38. The van der Waals surface area contributed by atoms with Crippen LogP contribution in [0.5, 0.6) is 0 Å². The van der Waals surface area contributed by atoms with Gasteiger partial charge in [-0.1, -0.05) is 0 Å². The summed E-state index contributed by atoms with van der Waals surface area (Å²) in [4.78, 5) is 21.8. The molecule has 2 aromatic heterocycles. The van der Waals surface area contributed by atoms with E-state index in [1.165, 1.54) is 15.3 Å². The summed E-state index contributed by atoms with van der Waals surface area (Å²) in [7, 11) is 0. The van der Waals surface area contributed by atoms with Crippen molar-refractivity contribution in [3.05, 3.63) is 26.9 Å². The standard InChI is InChI=1S/C19H24N2O2S2/c1-12-3-4-15(23-12)5-6-19(22)21-8-7-17-14(10-21)9-18(25-17)16-11-24-13(2)20-16/h9,11-12,15H,3-8,10H2,1-2H3/t12-,15+/m1/s1. The fourth-order valence-corrected chi connectivity index (χ4v) is 5.50. The number of nitrogens with zero attached hydrogens (tertiary/aromatic N) is 2. The number of aryl methyl sites for hydroxylation is 1. The van der Waals surface area contributed by atoms with Gasteiger partial charge in [-0.15, -0.1) is 22.7 Å². The molecule has 0 saturated carbocycles. The van der Waals surface area contributed by atoms with Crippen LogP contribution in [-0.4, -0.2) is 34.5 Å². The van der Waals surface area contributed by atoms with Crippen molar-refractivity contribution in [2.75, 3.05) is 6.54 Å². The van der Waals surface area contributed by atoms with Gasteiger partial charge in [0, 0.05) is 29.8 Å². The Bertz CT molecular complexity index is 767. The number of thiazole rings is 1. The molecule has 25 heavy (non-hydrogen) atoms. The zero-order chi connectivity index (χ0) is 17.4. The van der Waals surface area contributed by atoms with Crippen LogP contribution in [0, 0.1) is 6.92 Å². The predicted octanol–water partition coefficient (Wildman–Crippen LogP) is 4.41. The lowest BCUT2D eigenvalue weighted by molar-refractivity contribution is -0.132. The summed E-state index contributed by atoms with van der Waals surface area (Å²) in [6, 6.07) is 2.23. The van der Waals surface area contributed by atoms with Crippen molar-refractivity contribution in [2.45, 2.75) is 64.7 Å². The number of aromatic nitrogens is 1. The van der Waals surface area contributed by atoms with E-state index in [1.807, 2.05) is 23.2 Å². The molecule has 6 heteroatoms. The first-order chi connectivity index (χ1) is 12.1. The van der Waals surface area contributed by atoms with Gasteiger partial charge in [-0.25, -0.2) is 4.98 Å². The highest BCUT2D eigenvalue weighted by Crippen LogP contribution is 2.35. The number of ether oxygens (including phenoxy) is 1. The van der Waals surface area contributed by atoms with Crippen molar-refractivity contribution in [1.29, 1.82) is 0 Å². The Morgan fingerprint density at radius 3 is 3.04 bits per heavy atom. The number of hydrogen-bond donors (Lipinski definition) is 0. The maximum atomic E-state index is 12.6. The molecule has 0 radical (unpaired) electrons. The van der Waals surface area contributed by atoms with Crippen LogP contribution in [0.3, 0.4) is 0 Å². The SMILES string of the molecule is Cc1nc(-c2cc3c(s2)CCN(C(=O)CC[C@@H]2CC[C@@H](C)O2)C3)cs1. The van der Waals surface area contributed by atoms with Gasteiger partial charge < -0.3 is 9.64 Å². The van der Waals surface area contributed by atoms with Gasteiger partial charge in [0.25, 0.3) is 0 Å². The third-order valence-electron chi connectivity index (χ3n) is 5.09. The van der Waals surface area contributed by atoms with Gasteiger partial charge in [-0.3, -0.25) is 4.79 Å². The molecular formula is C19H24N2O2S2. The molecule has 0 spiro atoms. The molecule has 2 aliphatic rings. The lowest BCUT2D eigenvalue weighted by Gasteiger charge is -2.27. The van der Waals surface area contributed by atoms with E-state index in [1.54, 1.807) is 11.3 Å². The number of thiophene rings is 1. The smallest absolute Gasteiger partial charge is 0.222 e. The molecule has 2 aliphatic heterocycles. The summed E-state index contributed by atoms with van der Waals surface area (Å²) in [6.45, 7) is 5.74. The van der Waals surface area contributed by atoms with Crippen molar-refractivity contribution in [3.63, 3.8) is 0 Å². The summed E-state index contributed by atoms with van der Waals surface area (Å²) < 4.78 is 5.83. The molecule has 0 N–H and O–H groups in total. The molecule has 134 valence electrons. The molecule has 4 nitrogen and oxygen atoms in total. The van der Waals surface area contributed by atoms with Crippen LogP contribution in [0.15, 0.2) is 11.4 Å². The van der Waals surface area contributed by atoms with E-state index in [0.717, 1.165) is 49.5 Å². The Hall–Kier alpha value is -1.24. The van der Waals surface area contributed by atoms with Gasteiger partial charge in [0.15, 0.2) is 0 Å². The maximum Gasteiger partial charge on any atom is 0.222 e. The third-order valence-corrected chi connectivity index (χ3v) is 7.12. The van der Waals surface area contributed by atoms with Gasteiger partial charge in [0.05, 0.1) is 27.8 Å². The normalized spacial score (nSPS) is 23.0. The number of rotatable bonds is 4. The number of amides is 1. The van der Waals surface area contributed by atoms with Crippen LogP contribution in [-0.2, 0) is 22.5 Å². The second kappa shape index (κ2) is 7.17. The fraction of sp³-hybridized carbons (Fsp3) is 0.579. The van der Waals surface area contributed by atoms with Crippen LogP contribution in [0.2, 0.25) is 0 Å². The van der Waals surface area contributed by atoms with E-state index < -0.39 is 0 Å². The van der Waals surface area contributed by atoms with Crippen molar-refractivity contribution in [1.82, 2.24) is 9.88 Å². The molecule has 0 unspecified atom stereocenters. The Balaban J connectivity index is 1.37. The minimum absolute atomic E-state index is 0.269. The van der Waals surface area contributed by atoms with E-state index in [4.69, 9.17) is 4.74 Å². The third kappa shape index (κ3) is 3.81. The highest BCUT2D eigenvalue weighted by Gasteiger charge is 2.26.